The van der Waals surface area contributed by atoms with Crippen LogP contribution < -0.4 is 4.74 Å². The number of hydrogen-bond donors (Lipinski definition) is 1. The largest absolute Gasteiger partial charge is 0.487 e. The SMILES string of the molecule is C=CC(C)Oc1ccc2c(c1)CC[C@@H]2O. The Hall–Kier alpha value is -1.28. The van der Waals surface area contributed by atoms with Gasteiger partial charge in [0, 0.05) is 0 Å². The van der Waals surface area contributed by atoms with E-state index in [1.807, 2.05) is 25.1 Å². The third-order valence-corrected chi connectivity index (χ3v) is 2.81. The summed E-state index contributed by atoms with van der Waals surface area (Å²) in [6.45, 7) is 5.63. The monoisotopic (exact) mass is 204 g/mol. The average molecular weight is 204 g/mol. The lowest BCUT2D eigenvalue weighted by molar-refractivity contribution is 0.180. The van der Waals surface area contributed by atoms with Crippen LogP contribution in [0.25, 0.3) is 0 Å². The van der Waals surface area contributed by atoms with Gasteiger partial charge in [-0.2, -0.15) is 0 Å². The van der Waals surface area contributed by atoms with Crippen LogP contribution in [0.15, 0.2) is 30.9 Å². The second-order valence-corrected chi connectivity index (χ2v) is 3.97. The van der Waals surface area contributed by atoms with Crippen molar-refractivity contribution in [2.24, 2.45) is 0 Å². The molecule has 2 atom stereocenters. The molecule has 0 spiro atoms. The van der Waals surface area contributed by atoms with Gasteiger partial charge < -0.3 is 9.84 Å². The van der Waals surface area contributed by atoms with Crippen LogP contribution in [-0.2, 0) is 6.42 Å². The maximum atomic E-state index is 9.64. The molecule has 0 amide bonds. The Balaban J connectivity index is 2.19. The molecule has 0 aromatic heterocycles. The predicted molar refractivity (Wildman–Crippen MR) is 60.0 cm³/mol. The molecule has 1 aliphatic carbocycles. The molecule has 2 nitrogen and oxygen atoms in total. The van der Waals surface area contributed by atoms with Gasteiger partial charge in [-0.05, 0) is 43.0 Å². The second kappa shape index (κ2) is 4.07. The summed E-state index contributed by atoms with van der Waals surface area (Å²) >= 11 is 0. The van der Waals surface area contributed by atoms with Crippen LogP contribution >= 0.6 is 0 Å². The summed E-state index contributed by atoms with van der Waals surface area (Å²) in [4.78, 5) is 0. The summed E-state index contributed by atoms with van der Waals surface area (Å²) in [5.41, 5.74) is 2.25. The molecule has 2 heteroatoms. The third-order valence-electron chi connectivity index (χ3n) is 2.81. The second-order valence-electron chi connectivity index (χ2n) is 3.97. The summed E-state index contributed by atoms with van der Waals surface area (Å²) in [5, 5.41) is 9.64. The maximum Gasteiger partial charge on any atom is 0.120 e. The van der Waals surface area contributed by atoms with Gasteiger partial charge in [-0.25, -0.2) is 0 Å². The van der Waals surface area contributed by atoms with Crippen LogP contribution in [0.4, 0.5) is 0 Å². The molecule has 80 valence electrons. The van der Waals surface area contributed by atoms with Crippen LogP contribution in [0.2, 0.25) is 0 Å². The lowest BCUT2D eigenvalue weighted by Crippen LogP contribution is -2.07. The van der Waals surface area contributed by atoms with Crippen molar-refractivity contribution >= 4 is 0 Å². The number of benzene rings is 1. The van der Waals surface area contributed by atoms with Crippen LogP contribution in [0.5, 0.6) is 5.75 Å². The molecule has 1 unspecified atom stereocenters. The van der Waals surface area contributed by atoms with Crippen molar-refractivity contribution in [1.29, 1.82) is 0 Å². The molecule has 0 saturated carbocycles. The Kier molecular flexibility index (Phi) is 2.78. The Morgan fingerprint density at radius 2 is 2.40 bits per heavy atom. The lowest BCUT2D eigenvalue weighted by Gasteiger charge is -2.12. The number of aliphatic hydroxyl groups excluding tert-OH is 1. The van der Waals surface area contributed by atoms with Crippen molar-refractivity contribution in [3.05, 3.63) is 42.0 Å². The molecule has 1 aromatic rings. The molecule has 0 radical (unpaired) electrons. The summed E-state index contributed by atoms with van der Waals surface area (Å²) in [5.74, 6) is 0.857. The number of rotatable bonds is 3. The molecule has 1 aliphatic rings. The van der Waals surface area contributed by atoms with E-state index in [2.05, 4.69) is 6.58 Å². The van der Waals surface area contributed by atoms with Gasteiger partial charge in [-0.15, -0.1) is 0 Å². The molecule has 1 aromatic carbocycles. The minimum absolute atomic E-state index is 0.0226. The summed E-state index contributed by atoms with van der Waals surface area (Å²) in [7, 11) is 0. The van der Waals surface area contributed by atoms with Crippen LogP contribution in [0.3, 0.4) is 0 Å². The van der Waals surface area contributed by atoms with E-state index in [4.69, 9.17) is 4.74 Å². The van der Waals surface area contributed by atoms with Crippen LogP contribution in [0.1, 0.15) is 30.6 Å². The molecule has 0 saturated heterocycles. The van der Waals surface area contributed by atoms with Gasteiger partial charge in [-0.1, -0.05) is 18.7 Å². The number of fused-ring (bicyclic) bond motifs is 1. The van der Waals surface area contributed by atoms with Crippen molar-refractivity contribution < 1.29 is 9.84 Å². The van der Waals surface area contributed by atoms with Crippen LogP contribution in [0, 0.1) is 0 Å². The fraction of sp³-hybridized carbons (Fsp3) is 0.385. The molecule has 15 heavy (non-hydrogen) atoms. The molecular weight excluding hydrogens is 188 g/mol. The zero-order chi connectivity index (χ0) is 10.8. The Labute approximate surface area is 90.2 Å². The molecule has 0 aliphatic heterocycles. The normalized spacial score (nSPS) is 20.8. The molecular formula is C13H16O2. The van der Waals surface area contributed by atoms with Crippen molar-refractivity contribution in [3.8, 4) is 5.75 Å². The van der Waals surface area contributed by atoms with E-state index in [1.165, 1.54) is 5.56 Å². The zero-order valence-corrected chi connectivity index (χ0v) is 8.94. The molecule has 0 fully saturated rings. The first-order chi connectivity index (χ1) is 7.20. The van der Waals surface area contributed by atoms with Crippen molar-refractivity contribution in [2.45, 2.75) is 32.0 Å². The number of ether oxygens (including phenoxy) is 1. The van der Waals surface area contributed by atoms with E-state index in [0.29, 0.717) is 0 Å². The summed E-state index contributed by atoms with van der Waals surface area (Å²) < 4.78 is 5.62. The number of aryl methyl sites for hydroxylation is 1. The summed E-state index contributed by atoms with van der Waals surface area (Å²) in [6.07, 6.45) is 3.27. The Morgan fingerprint density at radius 3 is 3.13 bits per heavy atom. The fourth-order valence-corrected chi connectivity index (χ4v) is 1.91. The van der Waals surface area contributed by atoms with Crippen molar-refractivity contribution in [1.82, 2.24) is 0 Å². The zero-order valence-electron chi connectivity index (χ0n) is 8.94. The van der Waals surface area contributed by atoms with E-state index in [1.54, 1.807) is 6.08 Å². The van der Waals surface area contributed by atoms with Gasteiger partial charge in [-0.3, -0.25) is 0 Å². The van der Waals surface area contributed by atoms with E-state index in [-0.39, 0.29) is 12.2 Å². The molecule has 2 rings (SSSR count). The topological polar surface area (TPSA) is 29.5 Å². The van der Waals surface area contributed by atoms with Gasteiger partial charge in [0.1, 0.15) is 11.9 Å². The smallest absolute Gasteiger partial charge is 0.120 e. The average Bonchev–Trinajstić information content (AvgIpc) is 2.60. The van der Waals surface area contributed by atoms with E-state index in [0.717, 1.165) is 24.2 Å². The summed E-state index contributed by atoms with van der Waals surface area (Å²) in [6, 6.07) is 5.89. The number of aliphatic hydroxyl groups is 1. The Bertz CT molecular complexity index is 371. The molecule has 0 bridgehead atoms. The fourth-order valence-electron chi connectivity index (χ4n) is 1.91. The maximum absolute atomic E-state index is 9.64. The van der Waals surface area contributed by atoms with E-state index < -0.39 is 0 Å². The van der Waals surface area contributed by atoms with Crippen LogP contribution in [-0.4, -0.2) is 11.2 Å². The molecule has 1 N–H and O–H groups in total. The highest BCUT2D eigenvalue weighted by atomic mass is 16.5. The Morgan fingerprint density at radius 1 is 1.60 bits per heavy atom. The van der Waals surface area contributed by atoms with Crippen molar-refractivity contribution in [2.75, 3.05) is 0 Å². The van der Waals surface area contributed by atoms with Crippen molar-refractivity contribution in [3.63, 3.8) is 0 Å². The third kappa shape index (κ3) is 2.05. The van der Waals surface area contributed by atoms with Gasteiger partial charge >= 0.3 is 0 Å². The number of hydrogen-bond acceptors (Lipinski definition) is 2. The minimum atomic E-state index is -0.286. The lowest BCUT2D eigenvalue weighted by atomic mass is 10.1. The van der Waals surface area contributed by atoms with Gasteiger partial charge in [0.05, 0.1) is 6.10 Å². The highest BCUT2D eigenvalue weighted by molar-refractivity contribution is 5.40. The van der Waals surface area contributed by atoms with Gasteiger partial charge in [0.15, 0.2) is 0 Å². The predicted octanol–water partition coefficient (Wildman–Crippen LogP) is 2.62. The highest BCUT2D eigenvalue weighted by Crippen LogP contribution is 2.33. The van der Waals surface area contributed by atoms with E-state index >= 15 is 0 Å². The van der Waals surface area contributed by atoms with Gasteiger partial charge in [0.25, 0.3) is 0 Å². The first kappa shape index (κ1) is 10.2. The highest BCUT2D eigenvalue weighted by Gasteiger charge is 2.20. The van der Waals surface area contributed by atoms with E-state index in [9.17, 15) is 5.11 Å². The standard InChI is InChI=1S/C13H16O2/c1-3-9(2)15-11-5-6-12-10(8-11)4-7-13(12)14/h3,5-6,8-9,13-14H,1,4,7H2,2H3/t9?,13-/m0/s1. The molecule has 0 heterocycles. The van der Waals surface area contributed by atoms with Gasteiger partial charge in [0.2, 0.25) is 0 Å². The first-order valence-electron chi connectivity index (χ1n) is 5.31. The minimum Gasteiger partial charge on any atom is -0.487 e. The quantitative estimate of drug-likeness (QED) is 0.767. The first-order valence-corrected chi connectivity index (χ1v) is 5.31.